The number of hydrogen-bond donors (Lipinski definition) is 0. The van der Waals surface area contributed by atoms with Crippen molar-refractivity contribution in [3.8, 4) is 39.9 Å². The van der Waals surface area contributed by atoms with Crippen LogP contribution in [0, 0.1) is 0 Å². The maximum atomic E-state index is 4.98. The fraction of sp³-hybridized carbons (Fsp3) is 0.0851. The summed E-state index contributed by atoms with van der Waals surface area (Å²) in [6.07, 6.45) is 4.43. The molecule has 0 unspecified atom stereocenters. The lowest BCUT2D eigenvalue weighted by Gasteiger charge is -2.15. The molecule has 0 N–H and O–H groups in total. The Morgan fingerprint density at radius 1 is 0.451 bits per heavy atom. The summed E-state index contributed by atoms with van der Waals surface area (Å²) in [7, 11) is 0. The van der Waals surface area contributed by atoms with Gasteiger partial charge in [0, 0.05) is 33.2 Å². The van der Waals surface area contributed by atoms with E-state index < -0.39 is 0 Å². The fourth-order valence-electron chi connectivity index (χ4n) is 7.11. The van der Waals surface area contributed by atoms with Gasteiger partial charge in [0.1, 0.15) is 0 Å². The summed E-state index contributed by atoms with van der Waals surface area (Å²) in [5.74, 6) is 2.22. The van der Waals surface area contributed by atoms with Gasteiger partial charge in [-0.2, -0.15) is 0 Å². The number of allylic oxidation sites excluding steroid dienone is 1. The summed E-state index contributed by atoms with van der Waals surface area (Å²) in [6.45, 7) is 6.70. The number of rotatable bonds is 6. The molecule has 0 aliphatic carbocycles. The zero-order valence-electron chi connectivity index (χ0n) is 29.0. The molecule has 51 heavy (non-hydrogen) atoms. The molecule has 0 spiro atoms. The van der Waals surface area contributed by atoms with Crippen molar-refractivity contribution in [1.82, 2.24) is 19.5 Å². The van der Waals surface area contributed by atoms with E-state index in [0.29, 0.717) is 23.4 Å². The number of nitrogens with zero attached hydrogens (tertiary/aromatic N) is 4. The SMILES string of the molecule is C/C=C\c1c(C(C)C)c2ccccc2c2ccccc2n(-c2ccc(-c3nc(-c4ccccc4)nc(-c4ccccc4)n3)cc2)c2ccccc12. The molecule has 8 rings (SSSR count). The molecule has 0 atom stereocenters. The third-order valence-electron chi connectivity index (χ3n) is 9.37. The van der Waals surface area contributed by atoms with Gasteiger partial charge in [-0.1, -0.05) is 147 Å². The molecule has 0 bridgehead atoms. The second-order valence-corrected chi connectivity index (χ2v) is 13.0. The minimum atomic E-state index is 0.297. The molecule has 4 nitrogen and oxygen atoms in total. The Morgan fingerprint density at radius 3 is 1.41 bits per heavy atom. The third kappa shape index (κ3) is 6.06. The number of benzene rings is 6. The minimum Gasteiger partial charge on any atom is -0.309 e. The molecule has 0 saturated carbocycles. The van der Waals surface area contributed by atoms with Crippen molar-refractivity contribution in [3.63, 3.8) is 0 Å². The highest BCUT2D eigenvalue weighted by molar-refractivity contribution is 6.09. The van der Waals surface area contributed by atoms with E-state index >= 15 is 0 Å². The maximum Gasteiger partial charge on any atom is 0.164 e. The van der Waals surface area contributed by atoms with E-state index in [-0.39, 0.29) is 0 Å². The Labute approximate surface area is 298 Å². The van der Waals surface area contributed by atoms with Crippen LogP contribution in [0.5, 0.6) is 0 Å². The predicted molar refractivity (Wildman–Crippen MR) is 214 cm³/mol. The third-order valence-corrected chi connectivity index (χ3v) is 9.37. The molecule has 4 heteroatoms. The van der Waals surface area contributed by atoms with Gasteiger partial charge in [-0.3, -0.25) is 0 Å². The second kappa shape index (κ2) is 13.9. The quantitative estimate of drug-likeness (QED) is 0.179. The Hall–Kier alpha value is -6.39. The first-order valence-electron chi connectivity index (χ1n) is 17.5. The summed E-state index contributed by atoms with van der Waals surface area (Å²) in [5.41, 5.74) is 8.67. The van der Waals surface area contributed by atoms with Crippen LogP contribution in [-0.2, 0) is 0 Å². The van der Waals surface area contributed by atoms with Gasteiger partial charge in [0.05, 0.1) is 11.0 Å². The van der Waals surface area contributed by atoms with E-state index in [1.165, 1.54) is 32.7 Å². The molecular formula is C47H38N4. The summed E-state index contributed by atoms with van der Waals surface area (Å²) >= 11 is 0. The molecule has 0 amide bonds. The lowest BCUT2D eigenvalue weighted by molar-refractivity contribution is 0.876. The van der Waals surface area contributed by atoms with Crippen LogP contribution < -0.4 is 0 Å². The van der Waals surface area contributed by atoms with Crippen molar-refractivity contribution in [2.24, 2.45) is 0 Å². The predicted octanol–water partition coefficient (Wildman–Crippen LogP) is 12.4. The zero-order chi connectivity index (χ0) is 34.7. The minimum absolute atomic E-state index is 0.297. The van der Waals surface area contributed by atoms with Crippen molar-refractivity contribution in [2.45, 2.75) is 26.7 Å². The van der Waals surface area contributed by atoms with Gasteiger partial charge >= 0.3 is 0 Å². The van der Waals surface area contributed by atoms with Crippen molar-refractivity contribution in [3.05, 3.63) is 175 Å². The molecule has 6 aromatic carbocycles. The number of fused-ring (bicyclic) bond motifs is 4. The number of aromatic nitrogens is 4. The van der Waals surface area contributed by atoms with Gasteiger partial charge in [-0.05, 0) is 71.1 Å². The van der Waals surface area contributed by atoms with E-state index in [1.54, 1.807) is 0 Å². The molecule has 8 aromatic rings. The van der Waals surface area contributed by atoms with Gasteiger partial charge < -0.3 is 4.57 Å². The van der Waals surface area contributed by atoms with E-state index in [2.05, 4.69) is 135 Å². The average Bonchev–Trinajstić information content (AvgIpc) is 3.23. The molecule has 2 heterocycles. The van der Waals surface area contributed by atoms with Crippen LogP contribution in [-0.4, -0.2) is 19.5 Å². The Balaban J connectivity index is 1.42. The van der Waals surface area contributed by atoms with Crippen LogP contribution in [0.4, 0.5) is 0 Å². The van der Waals surface area contributed by atoms with Crippen LogP contribution in [0.15, 0.2) is 164 Å². The van der Waals surface area contributed by atoms with Crippen molar-refractivity contribution in [2.75, 3.05) is 0 Å². The van der Waals surface area contributed by atoms with E-state index in [9.17, 15) is 0 Å². The molecule has 2 aromatic heterocycles. The first-order valence-corrected chi connectivity index (χ1v) is 17.5. The van der Waals surface area contributed by atoms with E-state index in [0.717, 1.165) is 33.4 Å². The summed E-state index contributed by atoms with van der Waals surface area (Å²) in [4.78, 5) is 14.9. The molecule has 0 fully saturated rings. The highest BCUT2D eigenvalue weighted by atomic mass is 15.0. The molecule has 0 saturated heterocycles. The monoisotopic (exact) mass is 658 g/mol. The molecule has 0 radical (unpaired) electrons. The topological polar surface area (TPSA) is 43.6 Å². The molecular weight excluding hydrogens is 621 g/mol. The van der Waals surface area contributed by atoms with Crippen molar-refractivity contribution >= 4 is 38.7 Å². The average molecular weight is 659 g/mol. The fourth-order valence-corrected chi connectivity index (χ4v) is 7.11. The van der Waals surface area contributed by atoms with E-state index in [4.69, 9.17) is 15.0 Å². The summed E-state index contributed by atoms with van der Waals surface area (Å²) in [5, 5.41) is 4.86. The van der Waals surface area contributed by atoms with Gasteiger partial charge in [0.15, 0.2) is 17.5 Å². The molecule has 0 aliphatic heterocycles. The lowest BCUT2D eigenvalue weighted by Crippen LogP contribution is -2.01. The van der Waals surface area contributed by atoms with Crippen molar-refractivity contribution < 1.29 is 0 Å². The Kier molecular flexibility index (Phi) is 8.65. The van der Waals surface area contributed by atoms with Gasteiger partial charge in [0.25, 0.3) is 0 Å². The lowest BCUT2D eigenvalue weighted by atomic mass is 9.91. The Morgan fingerprint density at radius 2 is 0.882 bits per heavy atom. The first kappa shape index (κ1) is 31.9. The van der Waals surface area contributed by atoms with Crippen LogP contribution in [0.1, 0.15) is 37.8 Å². The van der Waals surface area contributed by atoms with E-state index in [1.807, 2.05) is 60.7 Å². The number of hydrogen-bond acceptors (Lipinski definition) is 3. The van der Waals surface area contributed by atoms with Crippen molar-refractivity contribution in [1.29, 1.82) is 0 Å². The number of para-hydroxylation sites is 2. The Bertz CT molecular complexity index is 2540. The van der Waals surface area contributed by atoms with Crippen LogP contribution in [0.3, 0.4) is 0 Å². The van der Waals surface area contributed by atoms with Gasteiger partial charge in [-0.15, -0.1) is 0 Å². The van der Waals surface area contributed by atoms with Gasteiger partial charge in [0.2, 0.25) is 0 Å². The van der Waals surface area contributed by atoms with Crippen LogP contribution in [0.25, 0.3) is 78.5 Å². The maximum absolute atomic E-state index is 4.98. The first-order chi connectivity index (χ1) is 25.1. The second-order valence-electron chi connectivity index (χ2n) is 13.0. The zero-order valence-corrected chi connectivity index (χ0v) is 29.0. The summed E-state index contributed by atoms with van der Waals surface area (Å²) in [6, 6.07) is 55.2. The van der Waals surface area contributed by atoms with Gasteiger partial charge in [-0.25, -0.2) is 15.0 Å². The smallest absolute Gasteiger partial charge is 0.164 e. The molecule has 246 valence electrons. The highest BCUT2D eigenvalue weighted by Gasteiger charge is 2.16. The standard InChI is InChI=1S/C47H38N4/c1-4-17-40-39-24-14-16-27-43(39)51(42-26-15-13-23-38(42)37-22-11-12-25-41(37)44(40)32(2)3)36-30-28-35(29-31-36)47-49-45(33-18-7-5-8-19-33)48-46(50-47)34-20-9-6-10-21-34/h4-32H,1-3H3/b17-4-,44-40?. The van der Waals surface area contributed by atoms with Crippen LogP contribution >= 0.6 is 0 Å². The van der Waals surface area contributed by atoms with Crippen LogP contribution in [0.2, 0.25) is 0 Å². The normalized spacial score (nSPS) is 11.5. The summed E-state index contributed by atoms with van der Waals surface area (Å²) < 4.78 is 2.40. The molecule has 0 aliphatic rings. The largest absolute Gasteiger partial charge is 0.309 e. The highest BCUT2D eigenvalue weighted by Crippen LogP contribution is 2.36.